The Kier molecular flexibility index (Phi) is 7.64. The Morgan fingerprint density at radius 1 is 0.969 bits per heavy atom. The third-order valence-electron chi connectivity index (χ3n) is 5.15. The molecule has 1 aliphatic heterocycles. The molecule has 1 heterocycles. The van der Waals surface area contributed by atoms with Crippen LogP contribution in [-0.4, -0.2) is 16.8 Å². The highest BCUT2D eigenvalue weighted by Crippen LogP contribution is 2.32. The van der Waals surface area contributed by atoms with Gasteiger partial charge in [0.1, 0.15) is 0 Å². The van der Waals surface area contributed by atoms with Gasteiger partial charge in [-0.05, 0) is 59.0 Å². The van der Waals surface area contributed by atoms with E-state index in [1.807, 2.05) is 36.4 Å². The van der Waals surface area contributed by atoms with Crippen LogP contribution in [0.25, 0.3) is 11.1 Å². The van der Waals surface area contributed by atoms with Gasteiger partial charge in [0.15, 0.2) is 0 Å². The van der Waals surface area contributed by atoms with Gasteiger partial charge in [-0.1, -0.05) is 63.1 Å². The van der Waals surface area contributed by atoms with Crippen molar-refractivity contribution in [1.82, 2.24) is 4.31 Å². The number of rotatable bonds is 3. The lowest BCUT2D eigenvalue weighted by molar-refractivity contribution is -0.137. The molecule has 1 aliphatic rings. The van der Waals surface area contributed by atoms with Gasteiger partial charge in [0.2, 0.25) is 0 Å². The number of alkyl halides is 3. The molecule has 1 amide bonds. The number of carbonyl (C=O) groups is 1. The number of fused-ring (bicyclic) bond motifs is 1. The number of hydrogen-bond acceptors (Lipinski definition) is 3. The number of halogens is 3. The highest BCUT2D eigenvalue weighted by atomic mass is 32.1. The molecule has 0 unspecified atom stereocenters. The molecule has 168 valence electrons. The number of hydrogen-bond donors (Lipinski definition) is 2. The van der Waals surface area contributed by atoms with E-state index < -0.39 is 11.7 Å². The molecule has 0 aromatic heterocycles. The summed E-state index contributed by atoms with van der Waals surface area (Å²) in [4.78, 5) is 12.9. The van der Waals surface area contributed by atoms with E-state index in [1.165, 1.54) is 23.3 Å². The average molecular weight is 459 g/mol. The van der Waals surface area contributed by atoms with E-state index in [0.717, 1.165) is 31.6 Å². The third-order valence-corrected chi connectivity index (χ3v) is 5.49. The van der Waals surface area contributed by atoms with Gasteiger partial charge < -0.3 is 5.32 Å². The topological polar surface area (TPSA) is 32.3 Å². The zero-order chi connectivity index (χ0) is 23.3. The summed E-state index contributed by atoms with van der Waals surface area (Å²) in [6.45, 7) is 5.59. The van der Waals surface area contributed by atoms with Crippen molar-refractivity contribution in [2.45, 2.75) is 33.0 Å². The van der Waals surface area contributed by atoms with Crippen LogP contribution in [0.4, 0.5) is 18.9 Å². The van der Waals surface area contributed by atoms with E-state index in [0.29, 0.717) is 22.4 Å². The monoisotopic (exact) mass is 458 g/mol. The minimum absolute atomic E-state index is 0.308. The van der Waals surface area contributed by atoms with Gasteiger partial charge >= 0.3 is 6.18 Å². The van der Waals surface area contributed by atoms with E-state index in [1.54, 1.807) is 24.3 Å². The minimum Gasteiger partial charge on any atom is -0.322 e. The Bertz CT molecular complexity index is 1080. The average Bonchev–Trinajstić information content (AvgIpc) is 2.80. The van der Waals surface area contributed by atoms with E-state index in [4.69, 9.17) is 0 Å². The largest absolute Gasteiger partial charge is 0.416 e. The highest BCUT2D eigenvalue weighted by molar-refractivity contribution is 7.77. The fourth-order valence-electron chi connectivity index (χ4n) is 3.59. The second-order valence-electron chi connectivity index (χ2n) is 7.20. The van der Waals surface area contributed by atoms with Gasteiger partial charge in [0.05, 0.1) is 5.56 Å². The predicted molar refractivity (Wildman–Crippen MR) is 126 cm³/mol. The second kappa shape index (κ2) is 10.2. The lowest BCUT2D eigenvalue weighted by Crippen LogP contribution is -2.22. The second-order valence-corrected chi connectivity index (χ2v) is 7.76. The first-order valence-corrected chi connectivity index (χ1v) is 10.8. The Morgan fingerprint density at radius 3 is 2.34 bits per heavy atom. The first-order chi connectivity index (χ1) is 15.3. The van der Waals surface area contributed by atoms with Crippen LogP contribution in [0.5, 0.6) is 0 Å². The Labute approximate surface area is 191 Å². The highest BCUT2D eigenvalue weighted by Gasteiger charge is 2.30. The van der Waals surface area contributed by atoms with Crippen LogP contribution in [0.1, 0.15) is 40.9 Å². The van der Waals surface area contributed by atoms with Gasteiger partial charge in [0, 0.05) is 24.3 Å². The zero-order valence-corrected chi connectivity index (χ0v) is 18.8. The first-order valence-electron chi connectivity index (χ1n) is 10.4. The quantitative estimate of drug-likeness (QED) is 0.421. The Hall–Kier alpha value is -2.77. The molecule has 0 spiro atoms. The van der Waals surface area contributed by atoms with Gasteiger partial charge in [-0.2, -0.15) is 13.2 Å². The molecule has 3 aromatic rings. The van der Waals surface area contributed by atoms with Crippen LogP contribution in [0, 0.1) is 0 Å². The Morgan fingerprint density at radius 2 is 1.66 bits per heavy atom. The summed E-state index contributed by atoms with van der Waals surface area (Å²) in [6.07, 6.45) is -3.55. The van der Waals surface area contributed by atoms with Crippen molar-refractivity contribution in [3.8, 4) is 11.1 Å². The Balaban J connectivity index is 0.00000141. The van der Waals surface area contributed by atoms with Gasteiger partial charge in [-0.15, -0.1) is 0 Å². The predicted octanol–water partition coefficient (Wildman–Crippen LogP) is 6.85. The van der Waals surface area contributed by atoms with Gasteiger partial charge in [-0.25, -0.2) is 4.31 Å². The summed E-state index contributed by atoms with van der Waals surface area (Å²) in [7, 11) is 0. The number of anilines is 1. The molecule has 0 aliphatic carbocycles. The normalized spacial score (nSPS) is 13.6. The molecule has 0 saturated carbocycles. The molecule has 0 atom stereocenters. The van der Waals surface area contributed by atoms with Gasteiger partial charge in [0.25, 0.3) is 5.91 Å². The number of nitrogens with zero attached hydrogens (tertiary/aromatic N) is 1. The van der Waals surface area contributed by atoms with E-state index in [9.17, 15) is 18.0 Å². The van der Waals surface area contributed by atoms with Crippen molar-refractivity contribution in [3.63, 3.8) is 0 Å². The summed E-state index contributed by atoms with van der Waals surface area (Å²) < 4.78 is 40.5. The fourth-order valence-corrected chi connectivity index (χ4v) is 3.84. The van der Waals surface area contributed by atoms with E-state index in [2.05, 4.69) is 18.1 Å². The maximum Gasteiger partial charge on any atom is 0.416 e. The zero-order valence-electron chi connectivity index (χ0n) is 17.9. The summed E-state index contributed by atoms with van der Waals surface area (Å²) in [6, 6.07) is 17.5. The first kappa shape index (κ1) is 23.9. The molecule has 4 rings (SSSR count). The molecule has 32 heavy (non-hydrogen) atoms. The van der Waals surface area contributed by atoms with Crippen molar-refractivity contribution in [2.75, 3.05) is 11.9 Å². The lowest BCUT2D eigenvalue weighted by atomic mass is 9.97. The number of carbonyl (C=O) groups excluding carboxylic acids is 1. The summed E-state index contributed by atoms with van der Waals surface area (Å²) in [5.41, 5.74) is 3.85. The molecule has 0 fully saturated rings. The number of nitrogens with one attached hydrogen (secondary N) is 1. The molecular weight excluding hydrogens is 433 g/mol. The molecule has 1 N–H and O–H groups in total. The van der Waals surface area contributed by atoms with E-state index >= 15 is 0 Å². The molecule has 3 aromatic carbocycles. The van der Waals surface area contributed by atoms with Crippen molar-refractivity contribution in [1.29, 1.82) is 0 Å². The molecule has 0 saturated heterocycles. The van der Waals surface area contributed by atoms with Crippen LogP contribution in [-0.2, 0) is 19.1 Å². The van der Waals surface area contributed by atoms with Crippen LogP contribution >= 0.6 is 12.8 Å². The van der Waals surface area contributed by atoms with Crippen molar-refractivity contribution in [3.05, 3.63) is 89.0 Å². The van der Waals surface area contributed by atoms with Gasteiger partial charge in [-0.3, -0.25) is 4.79 Å². The smallest absolute Gasteiger partial charge is 0.322 e. The van der Waals surface area contributed by atoms with E-state index in [-0.39, 0.29) is 5.91 Å². The number of amides is 1. The summed E-state index contributed by atoms with van der Waals surface area (Å²) in [5.74, 6) is -0.308. The molecule has 3 nitrogen and oxygen atoms in total. The molecule has 7 heteroatoms. The van der Waals surface area contributed by atoms with Crippen LogP contribution < -0.4 is 5.32 Å². The molecular formula is C25H25F3N2OS. The van der Waals surface area contributed by atoms with Crippen LogP contribution in [0.15, 0.2) is 66.7 Å². The van der Waals surface area contributed by atoms with Crippen molar-refractivity contribution >= 4 is 24.4 Å². The SMILES string of the molecule is CC.O=C(Nc1ccc2c(c1)CCN(S)C2)c1ccccc1-c1ccc(C(F)(F)F)cc1. The maximum absolute atomic E-state index is 12.9. The molecule has 0 radical (unpaired) electrons. The van der Waals surface area contributed by atoms with Crippen LogP contribution in [0.2, 0.25) is 0 Å². The minimum atomic E-state index is -4.40. The molecule has 0 bridgehead atoms. The summed E-state index contributed by atoms with van der Waals surface area (Å²) in [5, 5.41) is 2.91. The number of thiol groups is 1. The standard InChI is InChI=1S/C23H19F3N2OS.C2H6/c24-23(25,26)18-8-5-15(6-9-18)20-3-1-2-4-21(20)22(29)27-19-10-7-17-14-28(30)12-11-16(17)13-19;1-2/h1-10,13,30H,11-12,14H2,(H,27,29);1-2H3. The lowest BCUT2D eigenvalue weighted by Gasteiger charge is -2.24. The van der Waals surface area contributed by atoms with Crippen LogP contribution in [0.3, 0.4) is 0 Å². The van der Waals surface area contributed by atoms with Crippen molar-refractivity contribution < 1.29 is 18.0 Å². The third kappa shape index (κ3) is 5.53. The number of benzene rings is 3. The fraction of sp³-hybridized carbons (Fsp3) is 0.240. The van der Waals surface area contributed by atoms with Crippen molar-refractivity contribution in [2.24, 2.45) is 0 Å². The summed E-state index contributed by atoms with van der Waals surface area (Å²) >= 11 is 4.38. The maximum atomic E-state index is 12.9.